The summed E-state index contributed by atoms with van der Waals surface area (Å²) in [4.78, 5) is 14.7. The third-order valence-electron chi connectivity index (χ3n) is 3.44. The smallest absolute Gasteiger partial charge is 0.254 e. The number of hydrogen-bond donors (Lipinski definition) is 0. The molecule has 0 aliphatic rings. The molecule has 0 fully saturated rings. The first-order chi connectivity index (χ1) is 9.77. The number of amides is 1. The SMILES string of the molecule is CCCCN(CCBr)C(=O)c1cccc2ccccc12. The second kappa shape index (κ2) is 7.44. The molecule has 0 saturated carbocycles. The number of unbranched alkanes of at least 4 members (excludes halogenated alkanes) is 1. The van der Waals surface area contributed by atoms with Crippen LogP contribution in [-0.4, -0.2) is 29.2 Å². The lowest BCUT2D eigenvalue weighted by Gasteiger charge is -2.22. The molecular formula is C17H20BrNO. The number of nitrogens with zero attached hydrogens (tertiary/aromatic N) is 1. The van der Waals surface area contributed by atoms with Crippen LogP contribution in [-0.2, 0) is 0 Å². The molecule has 2 aromatic carbocycles. The van der Waals surface area contributed by atoms with Crippen LogP contribution in [0, 0.1) is 0 Å². The highest BCUT2D eigenvalue weighted by molar-refractivity contribution is 9.09. The van der Waals surface area contributed by atoms with Gasteiger partial charge in [-0.2, -0.15) is 0 Å². The van der Waals surface area contributed by atoms with Crippen LogP contribution in [0.3, 0.4) is 0 Å². The summed E-state index contributed by atoms with van der Waals surface area (Å²) >= 11 is 3.44. The van der Waals surface area contributed by atoms with Crippen molar-refractivity contribution in [1.82, 2.24) is 4.90 Å². The Balaban J connectivity index is 2.33. The maximum absolute atomic E-state index is 12.8. The normalized spacial score (nSPS) is 10.7. The Hall–Kier alpha value is -1.35. The lowest BCUT2D eigenvalue weighted by Crippen LogP contribution is -2.33. The van der Waals surface area contributed by atoms with E-state index in [2.05, 4.69) is 22.9 Å². The Morgan fingerprint density at radius 1 is 1.10 bits per heavy atom. The number of fused-ring (bicyclic) bond motifs is 1. The van der Waals surface area contributed by atoms with E-state index in [1.54, 1.807) is 0 Å². The number of hydrogen-bond acceptors (Lipinski definition) is 1. The Bertz CT molecular complexity index is 577. The molecule has 0 unspecified atom stereocenters. The first-order valence-corrected chi connectivity index (χ1v) is 8.23. The van der Waals surface area contributed by atoms with Gasteiger partial charge in [0.15, 0.2) is 0 Å². The van der Waals surface area contributed by atoms with Crippen molar-refractivity contribution >= 4 is 32.6 Å². The average Bonchev–Trinajstić information content (AvgIpc) is 2.50. The van der Waals surface area contributed by atoms with E-state index >= 15 is 0 Å². The van der Waals surface area contributed by atoms with Crippen molar-refractivity contribution in [3.63, 3.8) is 0 Å². The van der Waals surface area contributed by atoms with Crippen molar-refractivity contribution in [2.75, 3.05) is 18.4 Å². The molecule has 0 N–H and O–H groups in total. The van der Waals surface area contributed by atoms with Gasteiger partial charge in [-0.3, -0.25) is 4.79 Å². The molecule has 106 valence electrons. The molecule has 0 aliphatic heterocycles. The molecule has 0 bridgehead atoms. The second-order valence-corrected chi connectivity index (χ2v) is 5.65. The molecule has 2 aromatic rings. The van der Waals surface area contributed by atoms with Crippen LogP contribution in [0.25, 0.3) is 10.8 Å². The highest BCUT2D eigenvalue weighted by atomic mass is 79.9. The van der Waals surface area contributed by atoms with Gasteiger partial charge in [0.25, 0.3) is 5.91 Å². The monoisotopic (exact) mass is 333 g/mol. The van der Waals surface area contributed by atoms with E-state index in [0.29, 0.717) is 0 Å². The van der Waals surface area contributed by atoms with Gasteiger partial charge in [-0.25, -0.2) is 0 Å². The molecule has 0 aromatic heterocycles. The average molecular weight is 334 g/mol. The minimum Gasteiger partial charge on any atom is -0.338 e. The van der Waals surface area contributed by atoms with Crippen molar-refractivity contribution in [1.29, 1.82) is 0 Å². The van der Waals surface area contributed by atoms with E-state index in [1.165, 1.54) is 0 Å². The summed E-state index contributed by atoms with van der Waals surface area (Å²) in [6.07, 6.45) is 2.14. The van der Waals surface area contributed by atoms with Crippen LogP contribution < -0.4 is 0 Å². The predicted octanol–water partition coefficient (Wildman–Crippen LogP) is 4.48. The van der Waals surface area contributed by atoms with Crippen LogP contribution in [0.5, 0.6) is 0 Å². The standard InChI is InChI=1S/C17H20BrNO/c1-2-3-12-19(13-11-18)17(20)16-10-6-8-14-7-4-5-9-15(14)16/h4-10H,2-3,11-13H2,1H3. The minimum absolute atomic E-state index is 0.134. The van der Waals surface area contributed by atoms with Crippen molar-refractivity contribution in [2.24, 2.45) is 0 Å². The zero-order valence-electron chi connectivity index (χ0n) is 11.8. The molecule has 20 heavy (non-hydrogen) atoms. The number of carbonyl (C=O) groups is 1. The van der Waals surface area contributed by atoms with Gasteiger partial charge in [-0.15, -0.1) is 0 Å². The number of alkyl halides is 1. The second-order valence-electron chi connectivity index (χ2n) is 4.86. The van der Waals surface area contributed by atoms with Crippen molar-refractivity contribution in [2.45, 2.75) is 19.8 Å². The molecule has 0 saturated heterocycles. The Morgan fingerprint density at radius 2 is 1.85 bits per heavy atom. The summed E-state index contributed by atoms with van der Waals surface area (Å²) in [5.74, 6) is 0.134. The van der Waals surface area contributed by atoms with E-state index in [-0.39, 0.29) is 5.91 Å². The first kappa shape index (κ1) is 15.0. The summed E-state index contributed by atoms with van der Waals surface area (Å²) in [6.45, 7) is 3.72. The van der Waals surface area contributed by atoms with Crippen LogP contribution in [0.4, 0.5) is 0 Å². The van der Waals surface area contributed by atoms with Gasteiger partial charge in [0, 0.05) is 24.0 Å². The highest BCUT2D eigenvalue weighted by Crippen LogP contribution is 2.20. The highest BCUT2D eigenvalue weighted by Gasteiger charge is 2.16. The van der Waals surface area contributed by atoms with Gasteiger partial charge in [0.05, 0.1) is 0 Å². The lowest BCUT2D eigenvalue weighted by atomic mass is 10.0. The van der Waals surface area contributed by atoms with Crippen LogP contribution >= 0.6 is 15.9 Å². The van der Waals surface area contributed by atoms with Crippen LogP contribution in [0.15, 0.2) is 42.5 Å². The molecule has 0 spiro atoms. The summed E-state index contributed by atoms with van der Waals surface area (Å²) in [6, 6.07) is 14.0. The van der Waals surface area contributed by atoms with Gasteiger partial charge in [0.1, 0.15) is 0 Å². The van der Waals surface area contributed by atoms with Gasteiger partial charge in [0.2, 0.25) is 0 Å². The summed E-state index contributed by atoms with van der Waals surface area (Å²) in [5, 5.41) is 2.97. The molecule has 0 heterocycles. The quantitative estimate of drug-likeness (QED) is 0.714. The molecule has 0 aliphatic carbocycles. The fourth-order valence-electron chi connectivity index (χ4n) is 2.35. The molecule has 2 rings (SSSR count). The van der Waals surface area contributed by atoms with Crippen LogP contribution in [0.2, 0.25) is 0 Å². The Labute approximate surface area is 128 Å². The Morgan fingerprint density at radius 3 is 2.60 bits per heavy atom. The maximum atomic E-state index is 12.8. The van der Waals surface area contributed by atoms with Gasteiger partial charge < -0.3 is 4.90 Å². The van der Waals surface area contributed by atoms with E-state index in [4.69, 9.17) is 0 Å². The summed E-state index contributed by atoms with van der Waals surface area (Å²) in [7, 11) is 0. The number of rotatable bonds is 6. The zero-order chi connectivity index (χ0) is 14.4. The van der Waals surface area contributed by atoms with Gasteiger partial charge in [-0.05, 0) is 23.3 Å². The number of benzene rings is 2. The zero-order valence-corrected chi connectivity index (χ0v) is 13.4. The van der Waals surface area contributed by atoms with Crippen LogP contribution in [0.1, 0.15) is 30.1 Å². The minimum atomic E-state index is 0.134. The van der Waals surface area contributed by atoms with Crippen molar-refractivity contribution < 1.29 is 4.79 Å². The van der Waals surface area contributed by atoms with E-state index < -0.39 is 0 Å². The summed E-state index contributed by atoms with van der Waals surface area (Å²) < 4.78 is 0. The van der Waals surface area contributed by atoms with E-state index in [1.807, 2.05) is 47.4 Å². The molecule has 0 atom stereocenters. The first-order valence-electron chi connectivity index (χ1n) is 7.11. The number of halogens is 1. The topological polar surface area (TPSA) is 20.3 Å². The molecule has 3 heteroatoms. The predicted molar refractivity (Wildman–Crippen MR) is 88.6 cm³/mol. The molecule has 1 amide bonds. The molecule has 0 radical (unpaired) electrons. The fraction of sp³-hybridized carbons (Fsp3) is 0.353. The van der Waals surface area contributed by atoms with E-state index in [9.17, 15) is 4.79 Å². The third-order valence-corrected chi connectivity index (χ3v) is 3.80. The number of carbonyl (C=O) groups excluding carboxylic acids is 1. The fourth-order valence-corrected chi connectivity index (χ4v) is 2.78. The summed E-state index contributed by atoms with van der Waals surface area (Å²) in [5.41, 5.74) is 0.806. The van der Waals surface area contributed by atoms with Crippen molar-refractivity contribution in [3.8, 4) is 0 Å². The molecular weight excluding hydrogens is 314 g/mol. The Kier molecular flexibility index (Phi) is 5.60. The molecule has 2 nitrogen and oxygen atoms in total. The lowest BCUT2D eigenvalue weighted by molar-refractivity contribution is 0.0766. The van der Waals surface area contributed by atoms with E-state index in [0.717, 1.165) is 47.6 Å². The third kappa shape index (κ3) is 3.40. The maximum Gasteiger partial charge on any atom is 0.254 e. The largest absolute Gasteiger partial charge is 0.338 e. The van der Waals surface area contributed by atoms with Gasteiger partial charge >= 0.3 is 0 Å². The van der Waals surface area contributed by atoms with Crippen molar-refractivity contribution in [3.05, 3.63) is 48.0 Å². The van der Waals surface area contributed by atoms with Gasteiger partial charge in [-0.1, -0.05) is 65.7 Å².